The summed E-state index contributed by atoms with van der Waals surface area (Å²) in [4.78, 5) is 4.27. The van der Waals surface area contributed by atoms with Crippen molar-refractivity contribution in [2.45, 2.75) is 26.3 Å². The van der Waals surface area contributed by atoms with Gasteiger partial charge in [-0.15, -0.1) is 0 Å². The molecule has 0 amide bonds. The van der Waals surface area contributed by atoms with Crippen LogP contribution in [0.1, 0.15) is 19.2 Å². The van der Waals surface area contributed by atoms with Crippen LogP contribution in [0.4, 0.5) is 8.78 Å². The van der Waals surface area contributed by atoms with Crippen molar-refractivity contribution in [2.24, 2.45) is 0 Å². The third-order valence-electron chi connectivity index (χ3n) is 2.67. The fourth-order valence-corrected chi connectivity index (χ4v) is 1.93. The second-order valence-corrected chi connectivity index (χ2v) is 3.91. The average Bonchev–Trinajstić information content (AvgIpc) is 2.59. The largest absolute Gasteiger partial charge is 0.395 e. The van der Waals surface area contributed by atoms with Gasteiger partial charge in [-0.25, -0.2) is 13.8 Å². The van der Waals surface area contributed by atoms with E-state index in [1.54, 1.807) is 4.57 Å². The van der Waals surface area contributed by atoms with E-state index < -0.39 is 11.6 Å². The fourth-order valence-electron chi connectivity index (χ4n) is 1.93. The van der Waals surface area contributed by atoms with Crippen LogP contribution in [0.5, 0.6) is 0 Å². The lowest BCUT2D eigenvalue weighted by molar-refractivity contribution is 0.276. The van der Waals surface area contributed by atoms with Gasteiger partial charge in [-0.05, 0) is 6.42 Å². The van der Waals surface area contributed by atoms with Crippen LogP contribution in [0, 0.1) is 11.6 Å². The number of aliphatic hydroxyl groups excluding tert-OH is 1. The SMILES string of the molecule is CCCc1nc2cc(F)c(F)cc2n1CCO. The maximum Gasteiger partial charge on any atom is 0.161 e. The highest BCUT2D eigenvalue weighted by molar-refractivity contribution is 5.76. The van der Waals surface area contributed by atoms with Crippen LogP contribution < -0.4 is 0 Å². The van der Waals surface area contributed by atoms with Crippen LogP contribution in [0.25, 0.3) is 11.0 Å². The molecule has 1 N–H and O–H groups in total. The molecular formula is C12H14F2N2O. The predicted molar refractivity (Wildman–Crippen MR) is 60.7 cm³/mol. The fraction of sp³-hybridized carbons (Fsp3) is 0.417. The van der Waals surface area contributed by atoms with Crippen LogP contribution in [-0.2, 0) is 13.0 Å². The Hall–Kier alpha value is -1.49. The van der Waals surface area contributed by atoms with E-state index in [1.165, 1.54) is 0 Å². The smallest absolute Gasteiger partial charge is 0.161 e. The zero-order valence-electron chi connectivity index (χ0n) is 9.58. The standard InChI is InChI=1S/C12H14F2N2O/c1-2-3-12-15-10-6-8(13)9(14)7-11(10)16(12)4-5-17/h6-7,17H,2-5H2,1H3. The Morgan fingerprint density at radius 2 is 2.00 bits per heavy atom. The maximum absolute atomic E-state index is 13.2. The number of imidazole rings is 1. The molecule has 1 aromatic carbocycles. The number of nitrogens with zero attached hydrogens (tertiary/aromatic N) is 2. The van der Waals surface area contributed by atoms with Gasteiger partial charge in [-0.1, -0.05) is 6.92 Å². The van der Waals surface area contributed by atoms with Crippen molar-refractivity contribution in [1.29, 1.82) is 0 Å². The van der Waals surface area contributed by atoms with Crippen LogP contribution >= 0.6 is 0 Å². The monoisotopic (exact) mass is 240 g/mol. The molecule has 0 saturated carbocycles. The van der Waals surface area contributed by atoms with Gasteiger partial charge < -0.3 is 9.67 Å². The highest BCUT2D eigenvalue weighted by Crippen LogP contribution is 2.20. The Morgan fingerprint density at radius 1 is 1.29 bits per heavy atom. The quantitative estimate of drug-likeness (QED) is 0.890. The molecule has 3 nitrogen and oxygen atoms in total. The maximum atomic E-state index is 13.2. The molecule has 0 unspecified atom stereocenters. The van der Waals surface area contributed by atoms with E-state index in [4.69, 9.17) is 5.11 Å². The molecule has 2 rings (SSSR count). The summed E-state index contributed by atoms with van der Waals surface area (Å²) in [6.07, 6.45) is 1.61. The lowest BCUT2D eigenvalue weighted by Crippen LogP contribution is -2.06. The second kappa shape index (κ2) is 4.79. The first-order valence-corrected chi connectivity index (χ1v) is 5.62. The van der Waals surface area contributed by atoms with E-state index in [0.29, 0.717) is 17.6 Å². The van der Waals surface area contributed by atoms with Crippen LogP contribution in [0.2, 0.25) is 0 Å². The lowest BCUT2D eigenvalue weighted by atomic mass is 10.3. The molecule has 0 saturated heterocycles. The van der Waals surface area contributed by atoms with E-state index in [-0.39, 0.29) is 6.61 Å². The zero-order chi connectivity index (χ0) is 12.4. The third kappa shape index (κ3) is 2.15. The first kappa shape index (κ1) is 12.0. The van der Waals surface area contributed by atoms with Crippen molar-refractivity contribution in [3.63, 3.8) is 0 Å². The van der Waals surface area contributed by atoms with Gasteiger partial charge in [0.25, 0.3) is 0 Å². The summed E-state index contributed by atoms with van der Waals surface area (Å²) in [5, 5.41) is 9.00. The van der Waals surface area contributed by atoms with Gasteiger partial charge in [0.15, 0.2) is 11.6 Å². The minimum absolute atomic E-state index is 0.0544. The molecule has 0 spiro atoms. The minimum atomic E-state index is -0.894. The summed E-state index contributed by atoms with van der Waals surface area (Å²) in [5.74, 6) is -1.03. The van der Waals surface area contributed by atoms with Gasteiger partial charge in [-0.2, -0.15) is 0 Å². The first-order valence-electron chi connectivity index (χ1n) is 5.62. The number of rotatable bonds is 4. The average molecular weight is 240 g/mol. The Bertz CT molecular complexity index is 537. The van der Waals surface area contributed by atoms with Crippen LogP contribution in [-0.4, -0.2) is 21.3 Å². The van der Waals surface area contributed by atoms with E-state index in [0.717, 1.165) is 30.8 Å². The molecule has 0 aliphatic carbocycles. The second-order valence-electron chi connectivity index (χ2n) is 3.91. The first-order chi connectivity index (χ1) is 8.17. The van der Waals surface area contributed by atoms with Crippen molar-refractivity contribution in [1.82, 2.24) is 9.55 Å². The minimum Gasteiger partial charge on any atom is -0.395 e. The number of fused-ring (bicyclic) bond motifs is 1. The molecule has 2 aromatic rings. The summed E-state index contributed by atoms with van der Waals surface area (Å²) in [6, 6.07) is 2.23. The molecule has 17 heavy (non-hydrogen) atoms. The molecule has 1 heterocycles. The molecule has 0 atom stereocenters. The summed E-state index contributed by atoms with van der Waals surface area (Å²) >= 11 is 0. The van der Waals surface area contributed by atoms with Gasteiger partial charge in [0.2, 0.25) is 0 Å². The Kier molecular flexibility index (Phi) is 3.38. The van der Waals surface area contributed by atoms with Crippen molar-refractivity contribution >= 4 is 11.0 Å². The summed E-state index contributed by atoms with van der Waals surface area (Å²) in [5.41, 5.74) is 0.960. The van der Waals surface area contributed by atoms with Crippen LogP contribution in [0.15, 0.2) is 12.1 Å². The number of benzene rings is 1. The van der Waals surface area contributed by atoms with Crippen LogP contribution in [0.3, 0.4) is 0 Å². The van der Waals surface area contributed by atoms with Gasteiger partial charge in [0.1, 0.15) is 5.82 Å². The van der Waals surface area contributed by atoms with E-state index >= 15 is 0 Å². The Labute approximate surface area is 97.7 Å². The molecule has 0 bridgehead atoms. The number of hydrogen-bond donors (Lipinski definition) is 1. The molecule has 5 heteroatoms. The molecule has 0 radical (unpaired) electrons. The molecule has 0 fully saturated rings. The van der Waals surface area contributed by atoms with Crippen molar-refractivity contribution in [3.05, 3.63) is 29.6 Å². The summed E-state index contributed by atoms with van der Waals surface area (Å²) in [6.45, 7) is 2.29. The number of aryl methyl sites for hydroxylation is 1. The highest BCUT2D eigenvalue weighted by Gasteiger charge is 2.13. The third-order valence-corrected chi connectivity index (χ3v) is 2.67. The van der Waals surface area contributed by atoms with Crippen molar-refractivity contribution in [2.75, 3.05) is 6.61 Å². The lowest BCUT2D eigenvalue weighted by Gasteiger charge is -2.06. The molecule has 92 valence electrons. The van der Waals surface area contributed by atoms with Gasteiger partial charge in [-0.3, -0.25) is 0 Å². The van der Waals surface area contributed by atoms with Crippen molar-refractivity contribution < 1.29 is 13.9 Å². The van der Waals surface area contributed by atoms with E-state index in [9.17, 15) is 8.78 Å². The molecule has 1 aromatic heterocycles. The summed E-state index contributed by atoms with van der Waals surface area (Å²) in [7, 11) is 0. The Balaban J connectivity index is 2.62. The number of aliphatic hydroxyl groups is 1. The van der Waals surface area contributed by atoms with E-state index in [2.05, 4.69) is 4.98 Å². The summed E-state index contributed by atoms with van der Waals surface area (Å²) < 4.78 is 28.0. The van der Waals surface area contributed by atoms with E-state index in [1.807, 2.05) is 6.92 Å². The highest BCUT2D eigenvalue weighted by atomic mass is 19.2. The predicted octanol–water partition coefficient (Wildman–Crippen LogP) is 2.26. The molecule has 0 aliphatic heterocycles. The zero-order valence-corrected chi connectivity index (χ0v) is 9.58. The number of halogens is 2. The number of hydrogen-bond acceptors (Lipinski definition) is 2. The van der Waals surface area contributed by atoms with Gasteiger partial charge >= 0.3 is 0 Å². The Morgan fingerprint density at radius 3 is 2.65 bits per heavy atom. The molecule has 0 aliphatic rings. The molecular weight excluding hydrogens is 226 g/mol. The number of aromatic nitrogens is 2. The van der Waals surface area contributed by atoms with Gasteiger partial charge in [0.05, 0.1) is 17.6 Å². The normalized spacial score (nSPS) is 11.3. The van der Waals surface area contributed by atoms with Crippen molar-refractivity contribution in [3.8, 4) is 0 Å². The van der Waals surface area contributed by atoms with Gasteiger partial charge in [0, 0.05) is 25.1 Å². The topological polar surface area (TPSA) is 38.0 Å².